The van der Waals surface area contributed by atoms with E-state index < -0.39 is 0 Å². The van der Waals surface area contributed by atoms with Crippen LogP contribution in [0.4, 0.5) is 5.69 Å². The van der Waals surface area contributed by atoms with Crippen LogP contribution in [0.5, 0.6) is 0 Å². The lowest BCUT2D eigenvalue weighted by atomic mass is 10.1. The number of halogens is 1. The molecule has 80 valence electrons. The van der Waals surface area contributed by atoms with Crippen molar-refractivity contribution in [1.82, 2.24) is 9.97 Å². The molecule has 2 aromatic rings. The predicted molar refractivity (Wildman–Crippen MR) is 61.3 cm³/mol. The summed E-state index contributed by atoms with van der Waals surface area (Å²) < 4.78 is 0. The van der Waals surface area contributed by atoms with Crippen LogP contribution in [0.2, 0.25) is 5.02 Å². The monoisotopic (exact) mass is 233 g/mol. The van der Waals surface area contributed by atoms with Crippen molar-refractivity contribution in [3.05, 3.63) is 53.1 Å². The number of nitrogen functional groups attached to an aromatic ring is 1. The van der Waals surface area contributed by atoms with Crippen LogP contribution in [0.3, 0.4) is 0 Å². The molecule has 1 aromatic heterocycles. The molecule has 0 saturated heterocycles. The van der Waals surface area contributed by atoms with Gasteiger partial charge in [0.15, 0.2) is 5.78 Å². The summed E-state index contributed by atoms with van der Waals surface area (Å²) in [6, 6.07) is 4.72. The van der Waals surface area contributed by atoms with E-state index in [9.17, 15) is 4.79 Å². The van der Waals surface area contributed by atoms with E-state index in [1.54, 1.807) is 18.2 Å². The van der Waals surface area contributed by atoms with Gasteiger partial charge < -0.3 is 5.73 Å². The Hall–Kier alpha value is -1.94. The van der Waals surface area contributed by atoms with E-state index in [0.29, 0.717) is 21.8 Å². The largest absolute Gasteiger partial charge is 0.399 e. The summed E-state index contributed by atoms with van der Waals surface area (Å²) in [5, 5.41) is 0.431. The van der Waals surface area contributed by atoms with Crippen LogP contribution in [0.1, 0.15) is 15.9 Å². The fraction of sp³-hybridized carbons (Fsp3) is 0. The van der Waals surface area contributed by atoms with E-state index in [1.807, 2.05) is 0 Å². The molecule has 2 N–H and O–H groups in total. The molecule has 0 fully saturated rings. The number of nitrogens with zero attached hydrogens (tertiary/aromatic N) is 2. The van der Waals surface area contributed by atoms with Crippen LogP contribution >= 0.6 is 11.6 Å². The van der Waals surface area contributed by atoms with Crippen LogP contribution in [0.25, 0.3) is 0 Å². The molecular weight excluding hydrogens is 226 g/mol. The third-order valence-electron chi connectivity index (χ3n) is 2.01. The Morgan fingerprint density at radius 2 is 1.81 bits per heavy atom. The third-order valence-corrected chi connectivity index (χ3v) is 2.22. The van der Waals surface area contributed by atoms with Crippen LogP contribution in [-0.2, 0) is 0 Å². The van der Waals surface area contributed by atoms with Crippen molar-refractivity contribution in [3.63, 3.8) is 0 Å². The van der Waals surface area contributed by atoms with Gasteiger partial charge in [0.1, 0.15) is 6.33 Å². The summed E-state index contributed by atoms with van der Waals surface area (Å²) in [5.74, 6) is -0.199. The van der Waals surface area contributed by atoms with Gasteiger partial charge in [0.2, 0.25) is 0 Å². The van der Waals surface area contributed by atoms with Crippen LogP contribution in [0, 0.1) is 0 Å². The first-order chi connectivity index (χ1) is 7.66. The lowest BCUT2D eigenvalue weighted by Gasteiger charge is -2.02. The van der Waals surface area contributed by atoms with E-state index in [2.05, 4.69) is 9.97 Å². The number of carbonyl (C=O) groups is 1. The third kappa shape index (κ3) is 2.17. The van der Waals surface area contributed by atoms with Gasteiger partial charge >= 0.3 is 0 Å². The molecule has 16 heavy (non-hydrogen) atoms. The molecule has 0 aliphatic heterocycles. The minimum atomic E-state index is -0.199. The zero-order chi connectivity index (χ0) is 11.5. The normalized spacial score (nSPS) is 10.1. The second kappa shape index (κ2) is 4.28. The molecule has 2 rings (SSSR count). The molecule has 0 amide bonds. The minimum absolute atomic E-state index is 0.199. The minimum Gasteiger partial charge on any atom is -0.399 e. The lowest BCUT2D eigenvalue weighted by molar-refractivity contribution is 0.103. The number of nitrogens with two attached hydrogens (primary N) is 1. The zero-order valence-electron chi connectivity index (χ0n) is 8.22. The number of benzene rings is 1. The van der Waals surface area contributed by atoms with Crippen molar-refractivity contribution in [3.8, 4) is 0 Å². The Labute approximate surface area is 97.1 Å². The first-order valence-electron chi connectivity index (χ1n) is 4.52. The van der Waals surface area contributed by atoms with Gasteiger partial charge in [-0.25, -0.2) is 9.97 Å². The second-order valence-electron chi connectivity index (χ2n) is 3.23. The molecule has 5 heteroatoms. The molecule has 0 aliphatic carbocycles. The highest BCUT2D eigenvalue weighted by molar-refractivity contribution is 6.31. The van der Waals surface area contributed by atoms with Gasteiger partial charge in [-0.3, -0.25) is 4.79 Å². The Bertz CT molecular complexity index is 508. The molecule has 0 spiro atoms. The smallest absolute Gasteiger partial charge is 0.196 e. The van der Waals surface area contributed by atoms with Gasteiger partial charge in [0.05, 0.1) is 5.56 Å². The SMILES string of the molecule is Nc1cc(Cl)cc(C(=O)c2cncnc2)c1. The van der Waals surface area contributed by atoms with Crippen LogP contribution < -0.4 is 5.73 Å². The van der Waals surface area contributed by atoms with Gasteiger partial charge in [-0.15, -0.1) is 0 Å². The number of rotatable bonds is 2. The topological polar surface area (TPSA) is 68.9 Å². The summed E-state index contributed by atoms with van der Waals surface area (Å²) in [5.41, 5.74) is 6.90. The van der Waals surface area contributed by atoms with E-state index in [4.69, 9.17) is 17.3 Å². The van der Waals surface area contributed by atoms with Crippen LogP contribution in [0.15, 0.2) is 36.9 Å². The van der Waals surface area contributed by atoms with Gasteiger partial charge in [-0.1, -0.05) is 11.6 Å². The summed E-state index contributed by atoms with van der Waals surface area (Å²) in [6.07, 6.45) is 4.27. The highest BCUT2D eigenvalue weighted by Gasteiger charge is 2.10. The quantitative estimate of drug-likeness (QED) is 0.636. The van der Waals surface area contributed by atoms with Crippen molar-refractivity contribution in [2.24, 2.45) is 0 Å². The van der Waals surface area contributed by atoms with Crippen molar-refractivity contribution in [2.45, 2.75) is 0 Å². The van der Waals surface area contributed by atoms with E-state index in [1.165, 1.54) is 18.7 Å². The predicted octanol–water partition coefficient (Wildman–Crippen LogP) is 1.94. The van der Waals surface area contributed by atoms with Crippen molar-refractivity contribution in [2.75, 3.05) is 5.73 Å². The summed E-state index contributed by atoms with van der Waals surface area (Å²) in [7, 11) is 0. The maximum atomic E-state index is 12.0. The molecule has 0 radical (unpaired) electrons. The number of carbonyl (C=O) groups excluding carboxylic acids is 1. The van der Waals surface area contributed by atoms with Gasteiger partial charge in [-0.05, 0) is 18.2 Å². The highest BCUT2D eigenvalue weighted by Crippen LogP contribution is 2.18. The van der Waals surface area contributed by atoms with Crippen molar-refractivity contribution >= 4 is 23.1 Å². The van der Waals surface area contributed by atoms with Crippen molar-refractivity contribution in [1.29, 1.82) is 0 Å². The van der Waals surface area contributed by atoms with Gasteiger partial charge in [0, 0.05) is 28.7 Å². The molecule has 0 atom stereocenters. The number of aromatic nitrogens is 2. The lowest BCUT2D eigenvalue weighted by Crippen LogP contribution is -2.03. The number of anilines is 1. The van der Waals surface area contributed by atoms with Crippen LogP contribution in [-0.4, -0.2) is 15.8 Å². The highest BCUT2D eigenvalue weighted by atomic mass is 35.5. The molecule has 0 unspecified atom stereocenters. The van der Waals surface area contributed by atoms with Gasteiger partial charge in [0.25, 0.3) is 0 Å². The molecular formula is C11H8ClN3O. The Balaban J connectivity index is 2.42. The number of hydrogen-bond acceptors (Lipinski definition) is 4. The Morgan fingerprint density at radius 3 is 2.44 bits per heavy atom. The average Bonchev–Trinajstić information content (AvgIpc) is 2.28. The molecule has 0 bridgehead atoms. The molecule has 1 aromatic carbocycles. The number of ketones is 1. The average molecular weight is 234 g/mol. The fourth-order valence-electron chi connectivity index (χ4n) is 1.33. The van der Waals surface area contributed by atoms with E-state index in [0.717, 1.165) is 0 Å². The summed E-state index contributed by atoms with van der Waals surface area (Å²) in [4.78, 5) is 19.5. The fourth-order valence-corrected chi connectivity index (χ4v) is 1.57. The van der Waals surface area contributed by atoms with Gasteiger partial charge in [-0.2, -0.15) is 0 Å². The molecule has 1 heterocycles. The van der Waals surface area contributed by atoms with E-state index in [-0.39, 0.29) is 5.78 Å². The summed E-state index contributed by atoms with van der Waals surface area (Å²) >= 11 is 5.82. The standard InChI is InChI=1S/C11H8ClN3O/c12-9-1-7(2-10(13)3-9)11(16)8-4-14-6-15-5-8/h1-6H,13H2. The summed E-state index contributed by atoms with van der Waals surface area (Å²) in [6.45, 7) is 0. The van der Waals surface area contributed by atoms with Crippen molar-refractivity contribution < 1.29 is 4.79 Å². The molecule has 0 saturated carbocycles. The second-order valence-corrected chi connectivity index (χ2v) is 3.67. The van der Waals surface area contributed by atoms with E-state index >= 15 is 0 Å². The Morgan fingerprint density at radius 1 is 1.12 bits per heavy atom. The Kier molecular flexibility index (Phi) is 2.83. The molecule has 0 aliphatic rings. The first kappa shape index (κ1) is 10.6. The first-order valence-corrected chi connectivity index (χ1v) is 4.90. The maximum Gasteiger partial charge on any atom is 0.196 e. The zero-order valence-corrected chi connectivity index (χ0v) is 8.98. The maximum absolute atomic E-state index is 12.0. The molecule has 4 nitrogen and oxygen atoms in total. The number of hydrogen-bond donors (Lipinski definition) is 1.